The van der Waals surface area contributed by atoms with Gasteiger partial charge in [0.1, 0.15) is 48.8 Å². The third kappa shape index (κ3) is 21.9. The third-order valence-electron chi connectivity index (χ3n) is 12.0. The van der Waals surface area contributed by atoms with E-state index in [9.17, 15) is 45.6 Å². The number of aliphatic hydroxyl groups is 8. The third-order valence-corrected chi connectivity index (χ3v) is 12.0. The predicted octanol–water partition coefficient (Wildman–Crippen LogP) is 5.21. The highest BCUT2D eigenvalue weighted by molar-refractivity contribution is 5.76. The van der Waals surface area contributed by atoms with Crippen molar-refractivity contribution in [2.75, 3.05) is 19.8 Å². The van der Waals surface area contributed by atoms with Gasteiger partial charge < -0.3 is 65.1 Å². The van der Waals surface area contributed by atoms with Gasteiger partial charge >= 0.3 is 0 Å². The number of hydrogen-bond donors (Lipinski definition) is 9. The minimum Gasteiger partial charge on any atom is -0.394 e. The lowest BCUT2D eigenvalue weighted by Gasteiger charge is -2.46. The molecule has 2 fully saturated rings. The van der Waals surface area contributed by atoms with Gasteiger partial charge in [-0.05, 0) is 19.3 Å². The average molecular weight is 862 g/mol. The summed E-state index contributed by atoms with van der Waals surface area (Å²) in [7, 11) is 0. The second kappa shape index (κ2) is 34.2. The van der Waals surface area contributed by atoms with Gasteiger partial charge in [0.25, 0.3) is 0 Å². The fourth-order valence-corrected chi connectivity index (χ4v) is 8.00. The summed E-state index contributed by atoms with van der Waals surface area (Å²) >= 11 is 0. The van der Waals surface area contributed by atoms with E-state index in [0.717, 1.165) is 38.5 Å². The second-order valence-electron chi connectivity index (χ2n) is 17.2. The van der Waals surface area contributed by atoms with E-state index in [0.29, 0.717) is 6.42 Å². The Labute approximate surface area is 361 Å². The Hall–Kier alpha value is -1.27. The van der Waals surface area contributed by atoms with E-state index in [1.165, 1.54) is 116 Å². The highest BCUT2D eigenvalue weighted by Gasteiger charge is 2.51. The van der Waals surface area contributed by atoms with Crippen molar-refractivity contribution in [1.82, 2.24) is 5.32 Å². The van der Waals surface area contributed by atoms with Crippen molar-refractivity contribution in [2.24, 2.45) is 0 Å². The van der Waals surface area contributed by atoms with Crippen molar-refractivity contribution >= 4 is 5.91 Å². The van der Waals surface area contributed by atoms with Crippen LogP contribution in [0.2, 0.25) is 0 Å². The van der Waals surface area contributed by atoms with E-state index in [1.54, 1.807) is 6.08 Å². The highest BCUT2D eigenvalue weighted by Crippen LogP contribution is 2.30. The number of ether oxygens (including phenoxy) is 4. The van der Waals surface area contributed by atoms with Crippen molar-refractivity contribution in [3.63, 3.8) is 0 Å². The van der Waals surface area contributed by atoms with Crippen molar-refractivity contribution < 1.29 is 64.6 Å². The van der Waals surface area contributed by atoms with Gasteiger partial charge in [0, 0.05) is 6.42 Å². The molecule has 12 atom stereocenters. The Balaban J connectivity index is 1.89. The molecule has 2 saturated heterocycles. The molecule has 0 bridgehead atoms. The number of carbonyl (C=O) groups is 1. The number of hydrogen-bond acceptors (Lipinski definition) is 13. The van der Waals surface area contributed by atoms with Crippen LogP contribution < -0.4 is 5.32 Å². The lowest BCUT2D eigenvalue weighted by atomic mass is 9.97. The molecule has 2 aliphatic heterocycles. The van der Waals surface area contributed by atoms with Crippen LogP contribution >= 0.6 is 0 Å². The highest BCUT2D eigenvalue weighted by atomic mass is 16.7. The van der Waals surface area contributed by atoms with Crippen LogP contribution in [-0.4, -0.2) is 140 Å². The van der Waals surface area contributed by atoms with Crippen LogP contribution in [0.1, 0.15) is 181 Å². The summed E-state index contributed by atoms with van der Waals surface area (Å²) in [4.78, 5) is 13.1. The van der Waals surface area contributed by atoms with Gasteiger partial charge in [0.15, 0.2) is 12.6 Å². The number of rotatable bonds is 36. The Morgan fingerprint density at radius 3 is 1.53 bits per heavy atom. The number of unbranched alkanes of at least 4 members (excludes halogenated alkanes) is 23. The van der Waals surface area contributed by atoms with E-state index in [1.807, 2.05) is 6.08 Å². The van der Waals surface area contributed by atoms with Crippen LogP contribution in [-0.2, 0) is 23.7 Å². The van der Waals surface area contributed by atoms with E-state index in [2.05, 4.69) is 19.2 Å². The lowest BCUT2D eigenvalue weighted by Crippen LogP contribution is -2.65. The van der Waals surface area contributed by atoms with Gasteiger partial charge in [-0.1, -0.05) is 167 Å². The molecule has 0 aromatic carbocycles. The Bertz CT molecular complexity index is 1070. The molecule has 1 amide bonds. The molecule has 0 radical (unpaired) electrons. The molecular weight excluding hydrogens is 774 g/mol. The Kier molecular flexibility index (Phi) is 31.3. The maximum absolute atomic E-state index is 13.1. The SMILES string of the molecule is CCCCCCCCCCCCC/C=C/[C@@H](O)[C@H](CO[C@@H]1OC(CO)[C@@H](O[C@@H]2OC(CO)[C@H](O)[C@H](O)C2O)[C@H](O)C1O)NC(=O)CCCCCCCCCCCCCCC. The lowest BCUT2D eigenvalue weighted by molar-refractivity contribution is -0.359. The first-order chi connectivity index (χ1) is 29.1. The van der Waals surface area contributed by atoms with Gasteiger partial charge in [-0.2, -0.15) is 0 Å². The van der Waals surface area contributed by atoms with Crippen LogP contribution in [0.15, 0.2) is 12.2 Å². The fourth-order valence-electron chi connectivity index (χ4n) is 8.00. The van der Waals surface area contributed by atoms with Crippen LogP contribution in [0.5, 0.6) is 0 Å². The molecule has 0 aromatic rings. The van der Waals surface area contributed by atoms with Crippen LogP contribution in [0, 0.1) is 0 Å². The molecule has 354 valence electrons. The summed E-state index contributed by atoms with van der Waals surface area (Å²) in [6.07, 6.45) is 16.8. The Morgan fingerprint density at radius 1 is 0.583 bits per heavy atom. The molecule has 0 saturated carbocycles. The van der Waals surface area contributed by atoms with Crippen LogP contribution in [0.3, 0.4) is 0 Å². The van der Waals surface area contributed by atoms with Crippen LogP contribution in [0.4, 0.5) is 0 Å². The molecule has 2 rings (SSSR count). The van der Waals surface area contributed by atoms with Gasteiger partial charge in [-0.15, -0.1) is 0 Å². The van der Waals surface area contributed by atoms with E-state index in [4.69, 9.17) is 18.9 Å². The first kappa shape index (κ1) is 54.9. The summed E-state index contributed by atoms with van der Waals surface area (Å²) in [5, 5.41) is 86.5. The summed E-state index contributed by atoms with van der Waals surface area (Å²) in [6.45, 7) is 2.77. The van der Waals surface area contributed by atoms with Crippen LogP contribution in [0.25, 0.3) is 0 Å². The molecule has 0 aromatic heterocycles. The molecule has 4 unspecified atom stereocenters. The molecule has 14 nitrogen and oxygen atoms in total. The van der Waals surface area contributed by atoms with Gasteiger partial charge in [-0.25, -0.2) is 0 Å². The first-order valence-electron chi connectivity index (χ1n) is 23.9. The fraction of sp³-hybridized carbons (Fsp3) is 0.935. The number of amides is 1. The number of allylic oxidation sites excluding steroid dienone is 1. The van der Waals surface area contributed by atoms with Crippen molar-refractivity contribution in [3.8, 4) is 0 Å². The van der Waals surface area contributed by atoms with Gasteiger partial charge in [-0.3, -0.25) is 4.79 Å². The molecule has 60 heavy (non-hydrogen) atoms. The summed E-state index contributed by atoms with van der Waals surface area (Å²) in [5.74, 6) is -0.240. The number of aliphatic hydroxyl groups excluding tert-OH is 8. The topological polar surface area (TPSA) is 228 Å². The minimum atomic E-state index is -1.78. The normalized spacial score (nSPS) is 28.3. The zero-order chi connectivity index (χ0) is 44.0. The molecule has 0 aliphatic carbocycles. The molecule has 0 spiro atoms. The maximum Gasteiger partial charge on any atom is 0.220 e. The van der Waals surface area contributed by atoms with E-state index < -0.39 is 86.8 Å². The van der Waals surface area contributed by atoms with Crippen molar-refractivity contribution in [3.05, 3.63) is 12.2 Å². The summed E-state index contributed by atoms with van der Waals surface area (Å²) in [5.41, 5.74) is 0. The molecule has 2 heterocycles. The van der Waals surface area contributed by atoms with Gasteiger partial charge in [0.2, 0.25) is 5.91 Å². The van der Waals surface area contributed by atoms with Crippen molar-refractivity contribution in [2.45, 2.75) is 254 Å². The predicted molar refractivity (Wildman–Crippen MR) is 231 cm³/mol. The molecule has 9 N–H and O–H groups in total. The van der Waals surface area contributed by atoms with Crippen molar-refractivity contribution in [1.29, 1.82) is 0 Å². The quantitative estimate of drug-likeness (QED) is 0.0292. The minimum absolute atomic E-state index is 0.240. The maximum atomic E-state index is 13.1. The molecular formula is C46H87NO13. The first-order valence-corrected chi connectivity index (χ1v) is 23.9. The molecule has 2 aliphatic rings. The average Bonchev–Trinajstić information content (AvgIpc) is 3.24. The molecule has 14 heteroatoms. The smallest absolute Gasteiger partial charge is 0.220 e. The summed E-state index contributed by atoms with van der Waals surface area (Å²) in [6, 6.07) is -0.906. The second-order valence-corrected chi connectivity index (χ2v) is 17.2. The number of carbonyl (C=O) groups excluding carboxylic acids is 1. The zero-order valence-corrected chi connectivity index (χ0v) is 37.2. The van der Waals surface area contributed by atoms with Gasteiger partial charge in [0.05, 0.1) is 32.0 Å². The monoisotopic (exact) mass is 862 g/mol. The number of nitrogens with one attached hydrogen (secondary N) is 1. The Morgan fingerprint density at radius 2 is 1.03 bits per heavy atom. The largest absolute Gasteiger partial charge is 0.394 e. The standard InChI is InChI=1S/C46H87NO13/c1-3-5-7-9-11-13-15-17-19-21-23-25-27-29-35(50)34(47-38(51)30-28-26-24-22-20-18-16-14-12-10-8-6-4-2)33-57-45-43(56)41(54)44(37(32-49)59-45)60-46-42(55)40(53)39(52)36(31-48)58-46/h27,29,34-37,39-46,48-50,52-56H,3-26,28,30-33H2,1-2H3,(H,47,51)/b29-27+/t34-,35+,36?,37?,39-,40-,41+,42?,43?,44+,45+,46-/m0/s1. The zero-order valence-electron chi connectivity index (χ0n) is 37.2. The van der Waals surface area contributed by atoms with E-state index in [-0.39, 0.29) is 18.9 Å². The van der Waals surface area contributed by atoms with E-state index >= 15 is 0 Å². The summed E-state index contributed by atoms with van der Waals surface area (Å²) < 4.78 is 22.6.